The van der Waals surface area contributed by atoms with E-state index in [1.807, 2.05) is 133 Å². The maximum Gasteiger partial charge on any atom is 0.338 e. The SMILES string of the molecule is C[Si](C)(C)CCO[C@@H]1O[C@H](CI)[C@H](O[C@H]2O[C@H](COCc3ccccc3)[C@H](OCc3ccccc3)[C@H](OCc3ccccc3)[C@H]2OCc2ccccc2)[C@H](OC(=O)c2ccccc2)[C@H]1OC(=O)c1ccccc1. The second-order valence-corrected chi connectivity index (χ2v) is 25.8. The van der Waals surface area contributed by atoms with Crippen molar-refractivity contribution in [2.75, 3.05) is 17.6 Å². The Morgan fingerprint density at radius 3 is 1.33 bits per heavy atom. The lowest BCUT2D eigenvalue weighted by Gasteiger charge is -2.49. The van der Waals surface area contributed by atoms with Crippen molar-refractivity contribution in [1.29, 1.82) is 0 Å². The third-order valence-electron chi connectivity index (χ3n) is 12.5. The molecule has 2 heterocycles. The second kappa shape index (κ2) is 27.4. The highest BCUT2D eigenvalue weighted by Crippen LogP contribution is 2.37. The highest BCUT2D eigenvalue weighted by Gasteiger charge is 2.56. The van der Waals surface area contributed by atoms with Crippen LogP contribution in [0, 0.1) is 0 Å². The van der Waals surface area contributed by atoms with Gasteiger partial charge in [0.25, 0.3) is 0 Å². The molecule has 0 saturated carbocycles. The van der Waals surface area contributed by atoms with Gasteiger partial charge in [0.05, 0.1) is 50.3 Å². The summed E-state index contributed by atoms with van der Waals surface area (Å²) < 4.78 is 68.6. The molecular formula is C59H65IO12Si. The molecule has 384 valence electrons. The number of carbonyl (C=O) groups excluding carboxylic acids is 2. The van der Waals surface area contributed by atoms with Gasteiger partial charge in [-0.05, 0) is 52.6 Å². The van der Waals surface area contributed by atoms with Gasteiger partial charge >= 0.3 is 11.9 Å². The molecule has 0 aliphatic carbocycles. The van der Waals surface area contributed by atoms with Gasteiger partial charge in [0.2, 0.25) is 0 Å². The van der Waals surface area contributed by atoms with Crippen LogP contribution in [0.15, 0.2) is 182 Å². The van der Waals surface area contributed by atoms with Gasteiger partial charge in [-0.2, -0.15) is 0 Å². The first-order valence-electron chi connectivity index (χ1n) is 24.9. The number of esters is 2. The van der Waals surface area contributed by atoms with Gasteiger partial charge in [-0.25, -0.2) is 9.59 Å². The van der Waals surface area contributed by atoms with Crippen molar-refractivity contribution in [2.45, 2.75) is 114 Å². The summed E-state index contributed by atoms with van der Waals surface area (Å²) in [7, 11) is -1.61. The van der Waals surface area contributed by atoms with Crippen LogP contribution < -0.4 is 0 Å². The van der Waals surface area contributed by atoms with Crippen molar-refractivity contribution in [2.24, 2.45) is 0 Å². The predicted molar refractivity (Wildman–Crippen MR) is 288 cm³/mol. The quantitative estimate of drug-likeness (QED) is 0.0248. The van der Waals surface area contributed by atoms with Crippen LogP contribution in [-0.2, 0) is 73.8 Å². The van der Waals surface area contributed by atoms with E-state index in [1.54, 1.807) is 48.5 Å². The van der Waals surface area contributed by atoms with Crippen LogP contribution in [0.4, 0.5) is 0 Å². The van der Waals surface area contributed by atoms with Crippen molar-refractivity contribution in [3.63, 3.8) is 0 Å². The van der Waals surface area contributed by atoms with Crippen molar-refractivity contribution in [3.8, 4) is 0 Å². The summed E-state index contributed by atoms with van der Waals surface area (Å²) in [5.41, 5.74) is 4.38. The molecule has 0 radical (unpaired) electrons. The lowest BCUT2D eigenvalue weighted by molar-refractivity contribution is -0.365. The molecule has 6 aromatic carbocycles. The number of rotatable bonds is 24. The molecule has 12 nitrogen and oxygen atoms in total. The van der Waals surface area contributed by atoms with E-state index in [9.17, 15) is 9.59 Å². The second-order valence-electron chi connectivity index (χ2n) is 19.3. The maximum absolute atomic E-state index is 14.4. The van der Waals surface area contributed by atoms with E-state index in [1.165, 1.54) is 0 Å². The minimum atomic E-state index is -1.61. The van der Waals surface area contributed by atoms with Gasteiger partial charge in [0, 0.05) is 19.1 Å². The van der Waals surface area contributed by atoms with Crippen LogP contribution in [0.2, 0.25) is 25.7 Å². The van der Waals surface area contributed by atoms with Gasteiger partial charge in [-0.3, -0.25) is 0 Å². The molecule has 0 bridgehead atoms. The zero-order chi connectivity index (χ0) is 50.8. The van der Waals surface area contributed by atoms with E-state index < -0.39 is 81.4 Å². The first-order chi connectivity index (χ1) is 35.6. The summed E-state index contributed by atoms with van der Waals surface area (Å²) in [6.07, 6.45) is -10.2. The Labute approximate surface area is 443 Å². The normalized spacial score (nSPS) is 24.1. The molecule has 2 saturated heterocycles. The van der Waals surface area contributed by atoms with Crippen LogP contribution in [-0.4, -0.2) is 99.1 Å². The first kappa shape index (κ1) is 54.2. The Balaban J connectivity index is 1.21. The summed E-state index contributed by atoms with van der Waals surface area (Å²) in [5, 5.41) is 0. The molecule has 0 aromatic heterocycles. The van der Waals surface area contributed by atoms with Gasteiger partial charge in [-0.15, -0.1) is 0 Å². The fraction of sp³-hybridized carbons (Fsp3) is 0.356. The fourth-order valence-corrected chi connectivity index (χ4v) is 10.0. The van der Waals surface area contributed by atoms with Crippen molar-refractivity contribution in [1.82, 2.24) is 0 Å². The van der Waals surface area contributed by atoms with Gasteiger partial charge in [0.15, 0.2) is 24.8 Å². The van der Waals surface area contributed by atoms with E-state index in [2.05, 4.69) is 42.2 Å². The Bertz CT molecular complexity index is 2540. The number of carbonyl (C=O) groups is 2. The fourth-order valence-electron chi connectivity index (χ4n) is 8.59. The van der Waals surface area contributed by atoms with Gasteiger partial charge < -0.3 is 47.4 Å². The molecule has 0 unspecified atom stereocenters. The maximum atomic E-state index is 14.4. The van der Waals surface area contributed by atoms with Crippen LogP contribution in [0.1, 0.15) is 43.0 Å². The molecule has 73 heavy (non-hydrogen) atoms. The lowest BCUT2D eigenvalue weighted by Crippen LogP contribution is -2.66. The zero-order valence-electron chi connectivity index (χ0n) is 41.5. The van der Waals surface area contributed by atoms with Crippen LogP contribution in [0.25, 0.3) is 0 Å². The number of hydrogen-bond acceptors (Lipinski definition) is 12. The smallest absolute Gasteiger partial charge is 0.338 e. The molecule has 14 heteroatoms. The summed E-state index contributed by atoms with van der Waals surface area (Å²) in [6.45, 7) is 8.08. The summed E-state index contributed by atoms with van der Waals surface area (Å²) >= 11 is 2.24. The van der Waals surface area contributed by atoms with Crippen molar-refractivity contribution < 1.29 is 57.0 Å². The first-order valence-corrected chi connectivity index (χ1v) is 30.1. The molecular weight excluding hydrogens is 1060 g/mol. The van der Waals surface area contributed by atoms with Gasteiger partial charge in [-0.1, -0.05) is 200 Å². The zero-order valence-corrected chi connectivity index (χ0v) is 44.7. The van der Waals surface area contributed by atoms with E-state index in [4.69, 9.17) is 47.4 Å². The molecule has 2 aliphatic heterocycles. The Morgan fingerprint density at radius 2 is 0.863 bits per heavy atom. The average molecular weight is 1120 g/mol. The average Bonchev–Trinajstić information content (AvgIpc) is 3.42. The Hall–Kier alpha value is -5.11. The summed E-state index contributed by atoms with van der Waals surface area (Å²) in [4.78, 5) is 28.6. The lowest BCUT2D eigenvalue weighted by atomic mass is 9.96. The highest BCUT2D eigenvalue weighted by atomic mass is 127. The minimum Gasteiger partial charge on any atom is -0.452 e. The van der Waals surface area contributed by atoms with E-state index >= 15 is 0 Å². The van der Waals surface area contributed by atoms with E-state index in [0.29, 0.717) is 28.8 Å². The molecule has 6 aromatic rings. The van der Waals surface area contributed by atoms with Crippen molar-refractivity contribution >= 4 is 42.6 Å². The molecule has 2 fully saturated rings. The van der Waals surface area contributed by atoms with Crippen molar-refractivity contribution in [3.05, 3.63) is 215 Å². The molecule has 0 amide bonds. The molecule has 8 rings (SSSR count). The Kier molecular flexibility index (Phi) is 20.3. The van der Waals surface area contributed by atoms with Crippen LogP contribution >= 0.6 is 22.6 Å². The number of ether oxygens (including phenoxy) is 10. The largest absolute Gasteiger partial charge is 0.452 e. The summed E-state index contributed by atoms with van der Waals surface area (Å²) in [6, 6.07) is 57.7. The monoisotopic (exact) mass is 1120 g/mol. The minimum absolute atomic E-state index is 0.0818. The van der Waals surface area contributed by atoms with Crippen LogP contribution in [0.5, 0.6) is 0 Å². The number of alkyl halides is 1. The standard InChI is InChI=1S/C59H65IO12Si/c1-73(2,3)35-34-64-58-55(71-57(62)47-32-20-9-21-33-47)53(70-56(61)46-30-18-8-19-31-46)51(48(36-60)68-58)72-59-54(67-40-45-28-16-7-17-29-45)52(66-39-44-26-14-6-15-27-44)50(65-38-43-24-12-5-13-25-43)49(69-59)41-63-37-42-22-10-4-11-23-42/h4-33,48-55,58-59H,34-41H2,1-3H3/t48-,49-,50+,51+,52+,53+,54-,55-,58-,59-/m1/s1. The number of benzene rings is 6. The molecule has 2 aliphatic rings. The molecule has 10 atom stereocenters. The predicted octanol–water partition coefficient (Wildman–Crippen LogP) is 11.0. The molecule has 0 spiro atoms. The van der Waals surface area contributed by atoms with E-state index in [-0.39, 0.29) is 26.4 Å². The highest BCUT2D eigenvalue weighted by molar-refractivity contribution is 14.1. The number of hydrogen-bond donors (Lipinski definition) is 0. The topological polar surface area (TPSA) is 126 Å². The van der Waals surface area contributed by atoms with E-state index in [0.717, 1.165) is 28.3 Å². The third-order valence-corrected chi connectivity index (χ3v) is 15.1. The molecule has 0 N–H and O–H groups in total. The van der Waals surface area contributed by atoms with Crippen LogP contribution in [0.3, 0.4) is 0 Å². The third kappa shape index (κ3) is 15.9. The number of halogens is 1. The Morgan fingerprint density at radius 1 is 0.452 bits per heavy atom. The van der Waals surface area contributed by atoms with Gasteiger partial charge in [0.1, 0.15) is 30.5 Å². The summed E-state index contributed by atoms with van der Waals surface area (Å²) in [5.74, 6) is -1.30.